The zero-order valence-corrected chi connectivity index (χ0v) is 12.7. The van der Waals surface area contributed by atoms with E-state index >= 15 is 0 Å². The maximum absolute atomic E-state index is 12.1. The van der Waals surface area contributed by atoms with Gasteiger partial charge in [-0.15, -0.1) is 11.3 Å². The first-order valence-electron chi connectivity index (χ1n) is 5.87. The highest BCUT2D eigenvalue weighted by Gasteiger charge is 2.11. The number of amides is 1. The van der Waals surface area contributed by atoms with Gasteiger partial charge in [-0.25, -0.2) is 4.98 Å². The number of nitrogens with zero attached hydrogens (tertiary/aromatic N) is 2. The molecule has 4 nitrogen and oxygen atoms in total. The summed E-state index contributed by atoms with van der Waals surface area (Å²) in [4.78, 5) is 16.8. The zero-order chi connectivity index (χ0) is 13.9. The van der Waals surface area contributed by atoms with E-state index in [1.165, 1.54) is 11.3 Å². The van der Waals surface area contributed by atoms with Crippen molar-refractivity contribution in [3.05, 3.63) is 63.8 Å². The van der Waals surface area contributed by atoms with Crippen LogP contribution in [0.2, 0.25) is 0 Å². The minimum Gasteiger partial charge on any atom is -0.321 e. The third-order valence-corrected chi connectivity index (χ3v) is 4.57. The van der Waals surface area contributed by atoms with Crippen molar-refractivity contribution in [3.8, 4) is 5.69 Å². The van der Waals surface area contributed by atoms with E-state index in [0.717, 1.165) is 15.8 Å². The van der Waals surface area contributed by atoms with Gasteiger partial charge in [0.25, 0.3) is 5.91 Å². The van der Waals surface area contributed by atoms with E-state index in [1.807, 2.05) is 46.5 Å². The molecule has 0 bridgehead atoms. The quantitative estimate of drug-likeness (QED) is 0.779. The number of nitrogens with one attached hydrogen (secondary N) is 1. The highest BCUT2D eigenvalue weighted by atomic mass is 79.9. The SMILES string of the molecule is O=C(Nc1cccc(-n2ccnc2)c1)c1sccc1Br. The molecule has 0 aliphatic rings. The Hall–Kier alpha value is -1.92. The van der Waals surface area contributed by atoms with Crippen LogP contribution in [0, 0.1) is 0 Å². The Labute approximate surface area is 128 Å². The van der Waals surface area contributed by atoms with Crippen LogP contribution >= 0.6 is 27.3 Å². The fourth-order valence-corrected chi connectivity index (χ4v) is 3.25. The first kappa shape index (κ1) is 13.1. The summed E-state index contributed by atoms with van der Waals surface area (Å²) in [6.07, 6.45) is 5.29. The lowest BCUT2D eigenvalue weighted by molar-refractivity contribution is 0.103. The van der Waals surface area contributed by atoms with Crippen molar-refractivity contribution in [2.75, 3.05) is 5.32 Å². The molecule has 2 heterocycles. The average Bonchev–Trinajstić information content (AvgIpc) is 3.09. The summed E-state index contributed by atoms with van der Waals surface area (Å²) in [6, 6.07) is 9.48. The molecule has 0 radical (unpaired) electrons. The van der Waals surface area contributed by atoms with E-state index in [1.54, 1.807) is 12.5 Å². The highest BCUT2D eigenvalue weighted by molar-refractivity contribution is 9.10. The molecular weight excluding hydrogens is 338 g/mol. The van der Waals surface area contributed by atoms with E-state index in [-0.39, 0.29) is 5.91 Å². The lowest BCUT2D eigenvalue weighted by Crippen LogP contribution is -2.10. The molecule has 3 aromatic rings. The highest BCUT2D eigenvalue weighted by Crippen LogP contribution is 2.24. The summed E-state index contributed by atoms with van der Waals surface area (Å²) in [5.41, 5.74) is 1.70. The smallest absolute Gasteiger partial charge is 0.266 e. The first-order chi connectivity index (χ1) is 9.74. The number of hydrogen-bond donors (Lipinski definition) is 1. The maximum atomic E-state index is 12.1. The molecule has 2 aromatic heterocycles. The van der Waals surface area contributed by atoms with Crippen molar-refractivity contribution in [1.82, 2.24) is 9.55 Å². The second kappa shape index (κ2) is 5.60. The van der Waals surface area contributed by atoms with Gasteiger partial charge in [-0.1, -0.05) is 6.07 Å². The lowest BCUT2D eigenvalue weighted by Gasteiger charge is -2.07. The Balaban J connectivity index is 1.83. The van der Waals surface area contributed by atoms with Crippen molar-refractivity contribution in [2.24, 2.45) is 0 Å². The van der Waals surface area contributed by atoms with Crippen molar-refractivity contribution >= 4 is 38.9 Å². The van der Waals surface area contributed by atoms with Gasteiger partial charge in [0.2, 0.25) is 0 Å². The average molecular weight is 348 g/mol. The molecule has 0 aliphatic carbocycles. The lowest BCUT2D eigenvalue weighted by atomic mass is 10.2. The van der Waals surface area contributed by atoms with Gasteiger partial charge in [0.1, 0.15) is 4.88 Å². The van der Waals surface area contributed by atoms with Gasteiger partial charge in [-0.3, -0.25) is 4.79 Å². The van der Waals surface area contributed by atoms with Crippen molar-refractivity contribution in [2.45, 2.75) is 0 Å². The Kier molecular flexibility index (Phi) is 3.66. The van der Waals surface area contributed by atoms with E-state index in [0.29, 0.717) is 4.88 Å². The van der Waals surface area contributed by atoms with Gasteiger partial charge in [-0.2, -0.15) is 0 Å². The number of aromatic nitrogens is 2. The fraction of sp³-hybridized carbons (Fsp3) is 0. The van der Waals surface area contributed by atoms with Crippen molar-refractivity contribution in [1.29, 1.82) is 0 Å². The Bertz CT molecular complexity index is 736. The zero-order valence-electron chi connectivity index (χ0n) is 10.3. The predicted octanol–water partition coefficient (Wildman–Crippen LogP) is 3.95. The van der Waals surface area contributed by atoms with Crippen LogP contribution < -0.4 is 5.32 Å². The molecule has 0 unspecified atom stereocenters. The van der Waals surface area contributed by atoms with Gasteiger partial charge in [0.05, 0.1) is 6.33 Å². The van der Waals surface area contributed by atoms with Crippen LogP contribution in [0.25, 0.3) is 5.69 Å². The normalized spacial score (nSPS) is 10.4. The molecule has 100 valence electrons. The van der Waals surface area contributed by atoms with Gasteiger partial charge in [0.15, 0.2) is 0 Å². The second-order valence-electron chi connectivity index (χ2n) is 4.07. The molecule has 20 heavy (non-hydrogen) atoms. The maximum Gasteiger partial charge on any atom is 0.266 e. The molecular formula is C14H10BrN3OS. The molecule has 1 N–H and O–H groups in total. The third-order valence-electron chi connectivity index (χ3n) is 2.73. The van der Waals surface area contributed by atoms with Crippen LogP contribution in [0.4, 0.5) is 5.69 Å². The van der Waals surface area contributed by atoms with Gasteiger partial charge >= 0.3 is 0 Å². The van der Waals surface area contributed by atoms with E-state index < -0.39 is 0 Å². The van der Waals surface area contributed by atoms with E-state index in [2.05, 4.69) is 26.2 Å². The first-order valence-corrected chi connectivity index (χ1v) is 7.54. The van der Waals surface area contributed by atoms with Crippen LogP contribution in [0.5, 0.6) is 0 Å². The van der Waals surface area contributed by atoms with Crippen molar-refractivity contribution in [3.63, 3.8) is 0 Å². The summed E-state index contributed by atoms with van der Waals surface area (Å²) in [5, 5.41) is 4.77. The van der Waals surface area contributed by atoms with Crippen molar-refractivity contribution < 1.29 is 4.79 Å². The van der Waals surface area contributed by atoms with E-state index in [9.17, 15) is 4.79 Å². The second-order valence-corrected chi connectivity index (χ2v) is 5.84. The number of carbonyl (C=O) groups excluding carboxylic acids is 1. The number of hydrogen-bond acceptors (Lipinski definition) is 3. The summed E-state index contributed by atoms with van der Waals surface area (Å²) in [7, 11) is 0. The predicted molar refractivity (Wildman–Crippen MR) is 83.5 cm³/mol. The Morgan fingerprint density at radius 1 is 1.35 bits per heavy atom. The van der Waals surface area contributed by atoms with Gasteiger partial charge < -0.3 is 9.88 Å². The largest absolute Gasteiger partial charge is 0.321 e. The van der Waals surface area contributed by atoms with Crippen LogP contribution in [0.15, 0.2) is 58.9 Å². The third kappa shape index (κ3) is 2.66. The number of rotatable bonds is 3. The Morgan fingerprint density at radius 3 is 2.95 bits per heavy atom. The molecule has 0 atom stereocenters. The minimum atomic E-state index is -0.116. The minimum absolute atomic E-state index is 0.116. The van der Waals surface area contributed by atoms with Crippen LogP contribution in [0.1, 0.15) is 9.67 Å². The number of benzene rings is 1. The summed E-state index contributed by atoms with van der Waals surface area (Å²) in [5.74, 6) is -0.116. The van der Waals surface area contributed by atoms with Gasteiger partial charge in [-0.05, 0) is 45.6 Å². The van der Waals surface area contributed by atoms with Crippen LogP contribution in [-0.2, 0) is 0 Å². The molecule has 0 saturated carbocycles. The summed E-state index contributed by atoms with van der Waals surface area (Å²) in [6.45, 7) is 0. The molecule has 1 amide bonds. The standard InChI is InChI=1S/C14H10BrN3OS/c15-12-4-7-20-13(12)14(19)17-10-2-1-3-11(8-10)18-6-5-16-9-18/h1-9H,(H,17,19). The Morgan fingerprint density at radius 2 is 2.25 bits per heavy atom. The summed E-state index contributed by atoms with van der Waals surface area (Å²) >= 11 is 4.77. The monoisotopic (exact) mass is 347 g/mol. The number of thiophene rings is 1. The molecule has 1 aromatic carbocycles. The molecule has 6 heteroatoms. The fourth-order valence-electron chi connectivity index (χ4n) is 1.80. The number of anilines is 1. The van der Waals surface area contributed by atoms with E-state index in [4.69, 9.17) is 0 Å². The molecule has 0 fully saturated rings. The number of imidazole rings is 1. The number of carbonyl (C=O) groups is 1. The molecule has 0 saturated heterocycles. The number of halogens is 1. The molecule has 3 rings (SSSR count). The topological polar surface area (TPSA) is 46.9 Å². The molecule has 0 spiro atoms. The van der Waals surface area contributed by atoms with Crippen LogP contribution in [0.3, 0.4) is 0 Å². The molecule has 0 aliphatic heterocycles. The van der Waals surface area contributed by atoms with Gasteiger partial charge in [0, 0.05) is 28.2 Å². The van der Waals surface area contributed by atoms with Crippen LogP contribution in [-0.4, -0.2) is 15.5 Å². The summed E-state index contributed by atoms with van der Waals surface area (Å²) < 4.78 is 2.70.